The molecule has 0 aliphatic carbocycles. The van der Waals surface area contributed by atoms with Gasteiger partial charge in [0, 0.05) is 21.1 Å². The fourth-order valence-corrected chi connectivity index (χ4v) is 2.71. The SMILES string of the molecule is C=CCOc1ccc(Br)cc1/C=C(\C#N)C(=O)Nc1ccc(Cl)cc1[N+](=O)[O-]. The van der Waals surface area contributed by atoms with Gasteiger partial charge in [0.15, 0.2) is 0 Å². The van der Waals surface area contributed by atoms with Gasteiger partial charge in [0.2, 0.25) is 0 Å². The molecule has 0 bridgehead atoms. The molecule has 0 unspecified atom stereocenters. The predicted octanol–water partition coefficient (Wildman–Crippen LogP) is 5.12. The van der Waals surface area contributed by atoms with Crippen molar-refractivity contribution in [3.05, 3.63) is 79.8 Å². The van der Waals surface area contributed by atoms with Crippen LogP contribution in [0.2, 0.25) is 5.02 Å². The third-order valence-corrected chi connectivity index (χ3v) is 4.13. The van der Waals surface area contributed by atoms with E-state index in [1.54, 1.807) is 30.3 Å². The molecule has 7 nitrogen and oxygen atoms in total. The molecule has 0 aliphatic rings. The fraction of sp³-hybridized carbons (Fsp3) is 0.0526. The van der Waals surface area contributed by atoms with Crippen LogP contribution in [0.25, 0.3) is 6.08 Å². The van der Waals surface area contributed by atoms with Crippen LogP contribution in [0, 0.1) is 21.4 Å². The maximum Gasteiger partial charge on any atom is 0.294 e. The number of nitrogens with one attached hydrogen (secondary N) is 1. The first-order valence-corrected chi connectivity index (χ1v) is 8.93. The van der Waals surface area contributed by atoms with E-state index < -0.39 is 10.8 Å². The molecular weight excluding hydrogens is 450 g/mol. The molecule has 2 aromatic carbocycles. The lowest BCUT2D eigenvalue weighted by atomic mass is 10.1. The number of hydrogen-bond donors (Lipinski definition) is 1. The summed E-state index contributed by atoms with van der Waals surface area (Å²) in [6.45, 7) is 3.82. The highest BCUT2D eigenvalue weighted by atomic mass is 79.9. The Morgan fingerprint density at radius 2 is 2.14 bits per heavy atom. The number of hydrogen-bond acceptors (Lipinski definition) is 5. The highest BCUT2D eigenvalue weighted by Crippen LogP contribution is 2.29. The highest BCUT2D eigenvalue weighted by Gasteiger charge is 2.19. The number of anilines is 1. The van der Waals surface area contributed by atoms with Crippen LogP contribution in [0.15, 0.2) is 59.1 Å². The molecule has 1 N–H and O–H groups in total. The van der Waals surface area contributed by atoms with Gasteiger partial charge in [-0.1, -0.05) is 40.2 Å². The number of amides is 1. The van der Waals surface area contributed by atoms with Crippen molar-refractivity contribution in [2.45, 2.75) is 0 Å². The van der Waals surface area contributed by atoms with Crippen LogP contribution in [0.5, 0.6) is 5.75 Å². The normalized spacial score (nSPS) is 10.7. The van der Waals surface area contributed by atoms with E-state index in [0.717, 1.165) is 10.5 Å². The quantitative estimate of drug-likeness (QED) is 0.202. The topological polar surface area (TPSA) is 105 Å². The van der Waals surface area contributed by atoms with Gasteiger partial charge in [-0.15, -0.1) is 0 Å². The maximum atomic E-state index is 12.5. The number of rotatable bonds is 7. The Labute approximate surface area is 174 Å². The van der Waals surface area contributed by atoms with Gasteiger partial charge in [-0.25, -0.2) is 0 Å². The van der Waals surface area contributed by atoms with Gasteiger partial charge in [-0.05, 0) is 36.4 Å². The zero-order valence-corrected chi connectivity index (χ0v) is 16.7. The molecule has 0 saturated heterocycles. The third-order valence-electron chi connectivity index (χ3n) is 3.40. The van der Waals surface area contributed by atoms with E-state index in [-0.39, 0.29) is 28.6 Å². The molecule has 0 aliphatic heterocycles. The molecule has 0 radical (unpaired) electrons. The molecule has 0 atom stereocenters. The first-order chi connectivity index (χ1) is 13.3. The highest BCUT2D eigenvalue weighted by molar-refractivity contribution is 9.10. The monoisotopic (exact) mass is 461 g/mol. The fourth-order valence-electron chi connectivity index (χ4n) is 2.17. The number of nitro benzene ring substituents is 1. The molecule has 9 heteroatoms. The van der Waals surface area contributed by atoms with Gasteiger partial charge in [0.25, 0.3) is 11.6 Å². The van der Waals surface area contributed by atoms with E-state index in [9.17, 15) is 20.2 Å². The summed E-state index contributed by atoms with van der Waals surface area (Å²) in [7, 11) is 0. The van der Waals surface area contributed by atoms with Crippen molar-refractivity contribution in [2.24, 2.45) is 0 Å². The van der Waals surface area contributed by atoms with Gasteiger partial charge in [0.05, 0.1) is 4.92 Å². The average molecular weight is 463 g/mol. The predicted molar refractivity (Wildman–Crippen MR) is 110 cm³/mol. The lowest BCUT2D eigenvalue weighted by Gasteiger charge is -2.09. The molecule has 142 valence electrons. The number of nitro groups is 1. The molecule has 0 aromatic heterocycles. The lowest BCUT2D eigenvalue weighted by molar-refractivity contribution is -0.383. The summed E-state index contributed by atoms with van der Waals surface area (Å²) >= 11 is 9.09. The van der Waals surface area contributed by atoms with Gasteiger partial charge < -0.3 is 10.1 Å². The number of nitriles is 1. The Balaban J connectivity index is 2.37. The van der Waals surface area contributed by atoms with Crippen LogP contribution in [0.1, 0.15) is 5.56 Å². The number of halogens is 2. The molecule has 0 heterocycles. The standard InChI is InChI=1S/C19H13BrClN3O4/c1-2-7-28-18-6-3-14(20)9-12(18)8-13(11-22)19(25)23-16-5-4-15(21)10-17(16)24(26)27/h2-6,8-10H,1,7H2,(H,23,25)/b13-8+. The van der Waals surface area contributed by atoms with E-state index in [1.807, 2.05) is 0 Å². The lowest BCUT2D eigenvalue weighted by Crippen LogP contribution is -2.14. The number of ether oxygens (including phenoxy) is 1. The Morgan fingerprint density at radius 3 is 2.79 bits per heavy atom. The van der Waals surface area contributed by atoms with Crippen LogP contribution in [-0.4, -0.2) is 17.4 Å². The molecule has 2 rings (SSSR count). The Bertz CT molecular complexity index is 1010. The third kappa shape index (κ3) is 5.42. The summed E-state index contributed by atoms with van der Waals surface area (Å²) in [5, 5.41) is 23.1. The Morgan fingerprint density at radius 1 is 1.39 bits per heavy atom. The number of nitrogens with zero attached hydrogens (tertiary/aromatic N) is 2. The minimum Gasteiger partial charge on any atom is -0.489 e. The van der Waals surface area contributed by atoms with Crippen LogP contribution in [0.4, 0.5) is 11.4 Å². The van der Waals surface area contributed by atoms with E-state index in [1.165, 1.54) is 18.2 Å². The smallest absolute Gasteiger partial charge is 0.294 e. The second-order valence-electron chi connectivity index (χ2n) is 5.32. The molecule has 1 amide bonds. The van der Waals surface area contributed by atoms with Gasteiger partial charge >= 0.3 is 0 Å². The summed E-state index contributed by atoms with van der Waals surface area (Å²) in [5.74, 6) is -0.358. The second kappa shape index (κ2) is 9.69. The minimum atomic E-state index is -0.803. The van der Waals surface area contributed by atoms with E-state index in [0.29, 0.717) is 11.3 Å². The van der Waals surface area contributed by atoms with Gasteiger partial charge in [0.1, 0.15) is 29.7 Å². The second-order valence-corrected chi connectivity index (χ2v) is 6.68. The first kappa shape index (κ1) is 21.2. The number of carbonyl (C=O) groups is 1. The number of carbonyl (C=O) groups excluding carboxylic acids is 1. The number of benzene rings is 2. The van der Waals surface area contributed by atoms with Gasteiger partial charge in [-0.3, -0.25) is 14.9 Å². The van der Waals surface area contributed by atoms with Crippen molar-refractivity contribution in [3.8, 4) is 11.8 Å². The minimum absolute atomic E-state index is 0.0714. The Hall–Kier alpha value is -3.15. The average Bonchev–Trinajstić information content (AvgIpc) is 2.66. The van der Waals surface area contributed by atoms with Crippen molar-refractivity contribution in [3.63, 3.8) is 0 Å². The zero-order valence-electron chi connectivity index (χ0n) is 14.3. The maximum absolute atomic E-state index is 12.5. The van der Waals surface area contributed by atoms with Gasteiger partial charge in [-0.2, -0.15) is 5.26 Å². The van der Waals surface area contributed by atoms with Crippen LogP contribution in [0.3, 0.4) is 0 Å². The molecule has 0 saturated carbocycles. The summed E-state index contributed by atoms with van der Waals surface area (Å²) in [6.07, 6.45) is 2.90. The van der Waals surface area contributed by atoms with E-state index in [2.05, 4.69) is 27.8 Å². The van der Waals surface area contributed by atoms with Crippen molar-refractivity contribution in [1.82, 2.24) is 0 Å². The van der Waals surface area contributed by atoms with Crippen LogP contribution in [-0.2, 0) is 4.79 Å². The summed E-state index contributed by atoms with van der Waals surface area (Å²) < 4.78 is 6.24. The molecule has 28 heavy (non-hydrogen) atoms. The van der Waals surface area contributed by atoms with Crippen LogP contribution >= 0.6 is 27.5 Å². The molecular formula is C19H13BrClN3O4. The Kier molecular flexibility index (Phi) is 7.32. The molecule has 0 spiro atoms. The molecule has 2 aromatic rings. The van der Waals surface area contributed by atoms with Crippen molar-refractivity contribution >= 4 is 50.9 Å². The van der Waals surface area contributed by atoms with E-state index in [4.69, 9.17) is 16.3 Å². The van der Waals surface area contributed by atoms with Crippen molar-refractivity contribution in [1.29, 1.82) is 5.26 Å². The zero-order chi connectivity index (χ0) is 20.7. The first-order valence-electron chi connectivity index (χ1n) is 7.76. The summed E-state index contributed by atoms with van der Waals surface area (Å²) in [4.78, 5) is 23.0. The van der Waals surface area contributed by atoms with E-state index >= 15 is 0 Å². The summed E-state index contributed by atoms with van der Waals surface area (Å²) in [5.41, 5.74) is -0.229. The van der Waals surface area contributed by atoms with Crippen molar-refractivity contribution < 1.29 is 14.5 Å². The molecule has 0 fully saturated rings. The largest absolute Gasteiger partial charge is 0.489 e. The van der Waals surface area contributed by atoms with Crippen molar-refractivity contribution in [2.75, 3.05) is 11.9 Å². The summed E-state index contributed by atoms with van der Waals surface area (Å²) in [6, 6.07) is 10.7. The van der Waals surface area contributed by atoms with Crippen LogP contribution < -0.4 is 10.1 Å².